The lowest BCUT2D eigenvalue weighted by Crippen LogP contribution is -2.48. The highest BCUT2D eigenvalue weighted by Gasteiger charge is 2.32. The normalized spacial score (nSPS) is 15.2. The minimum Gasteiger partial charge on any atom is -0.497 e. The first-order valence-electron chi connectivity index (χ1n) is 11.3. The second-order valence-electron chi connectivity index (χ2n) is 8.48. The van der Waals surface area contributed by atoms with E-state index in [2.05, 4.69) is 23.5 Å². The van der Waals surface area contributed by atoms with E-state index in [9.17, 15) is 13.2 Å². The van der Waals surface area contributed by atoms with Crippen molar-refractivity contribution in [2.75, 3.05) is 24.8 Å². The van der Waals surface area contributed by atoms with Crippen molar-refractivity contribution in [3.05, 3.63) is 53.1 Å². The number of hydrogen-bond acceptors (Lipinski definition) is 5. The molecule has 0 aliphatic heterocycles. The minimum atomic E-state index is -3.80. The molecular weight excluding hydrogens is 440 g/mol. The van der Waals surface area contributed by atoms with Crippen molar-refractivity contribution >= 4 is 21.6 Å². The fraction of sp³-hybridized carbons (Fsp3) is 0.480. The van der Waals surface area contributed by atoms with E-state index in [1.807, 2.05) is 6.92 Å². The highest BCUT2D eigenvalue weighted by atomic mass is 32.2. The van der Waals surface area contributed by atoms with E-state index in [1.165, 1.54) is 38.2 Å². The molecule has 0 heterocycles. The van der Waals surface area contributed by atoms with Crippen molar-refractivity contribution in [1.29, 1.82) is 0 Å². The summed E-state index contributed by atoms with van der Waals surface area (Å²) >= 11 is 0. The quantitative estimate of drug-likeness (QED) is 0.594. The second-order valence-corrected chi connectivity index (χ2v) is 10.3. The third kappa shape index (κ3) is 5.61. The number of rotatable bonds is 9. The Balaban J connectivity index is 1.89. The fourth-order valence-electron chi connectivity index (χ4n) is 4.43. The van der Waals surface area contributed by atoms with E-state index in [0.717, 1.165) is 29.0 Å². The number of fused-ring (bicyclic) bond motifs is 1. The molecule has 0 saturated carbocycles. The van der Waals surface area contributed by atoms with Crippen LogP contribution < -0.4 is 19.1 Å². The van der Waals surface area contributed by atoms with Gasteiger partial charge in [-0.25, -0.2) is 8.42 Å². The molecule has 0 aromatic heterocycles. The molecule has 0 spiro atoms. The van der Waals surface area contributed by atoms with Gasteiger partial charge in [0.25, 0.3) is 0 Å². The highest BCUT2D eigenvalue weighted by molar-refractivity contribution is 7.92. The van der Waals surface area contributed by atoms with Crippen LogP contribution in [0.5, 0.6) is 11.5 Å². The Kier molecular flexibility index (Phi) is 7.89. The van der Waals surface area contributed by atoms with Crippen LogP contribution >= 0.6 is 0 Å². The number of carbonyl (C=O) groups excluding carboxylic acids is 1. The number of nitrogens with zero attached hydrogens (tertiary/aromatic N) is 1. The van der Waals surface area contributed by atoms with Crippen molar-refractivity contribution in [2.45, 2.75) is 58.0 Å². The molecule has 2 unspecified atom stereocenters. The zero-order valence-corrected chi connectivity index (χ0v) is 20.9. The number of amides is 1. The zero-order chi connectivity index (χ0) is 24.2. The van der Waals surface area contributed by atoms with Crippen LogP contribution in [0.2, 0.25) is 0 Å². The Bertz CT molecular complexity index is 1100. The molecule has 2 atom stereocenters. The molecule has 180 valence electrons. The van der Waals surface area contributed by atoms with Gasteiger partial charge >= 0.3 is 0 Å². The molecule has 0 radical (unpaired) electrons. The first kappa shape index (κ1) is 24.9. The molecule has 33 heavy (non-hydrogen) atoms. The number of anilines is 1. The van der Waals surface area contributed by atoms with E-state index in [1.54, 1.807) is 25.1 Å². The molecule has 0 bridgehead atoms. The van der Waals surface area contributed by atoms with Gasteiger partial charge in [-0.1, -0.05) is 25.1 Å². The molecule has 1 aliphatic rings. The van der Waals surface area contributed by atoms with Crippen LogP contribution in [0.4, 0.5) is 5.69 Å². The molecule has 7 nitrogen and oxygen atoms in total. The highest BCUT2D eigenvalue weighted by Crippen LogP contribution is 2.35. The molecule has 1 amide bonds. The topological polar surface area (TPSA) is 84.9 Å². The SMILES string of the molecule is CCC(NC(=O)C(C)N(c1cc(OC)ccc1OC)S(C)(=O)=O)c1ccc2c(c1)CCCC2. The lowest BCUT2D eigenvalue weighted by atomic mass is 9.88. The minimum absolute atomic E-state index is 0.208. The summed E-state index contributed by atoms with van der Waals surface area (Å²) in [6, 6.07) is 10.1. The Morgan fingerprint density at radius 2 is 1.76 bits per heavy atom. The molecule has 1 aliphatic carbocycles. The van der Waals surface area contributed by atoms with E-state index in [4.69, 9.17) is 9.47 Å². The van der Waals surface area contributed by atoms with Crippen LogP contribution in [0.15, 0.2) is 36.4 Å². The third-order valence-electron chi connectivity index (χ3n) is 6.21. The van der Waals surface area contributed by atoms with Crippen molar-refractivity contribution < 1.29 is 22.7 Å². The van der Waals surface area contributed by atoms with Crippen LogP contribution in [-0.2, 0) is 27.7 Å². The number of hydrogen-bond donors (Lipinski definition) is 1. The number of nitrogens with one attached hydrogen (secondary N) is 1. The van der Waals surface area contributed by atoms with Crippen LogP contribution in [0, 0.1) is 0 Å². The lowest BCUT2D eigenvalue weighted by Gasteiger charge is -2.31. The summed E-state index contributed by atoms with van der Waals surface area (Å²) in [5.74, 6) is 0.421. The van der Waals surface area contributed by atoms with E-state index in [0.29, 0.717) is 17.9 Å². The van der Waals surface area contributed by atoms with Gasteiger partial charge in [0.2, 0.25) is 15.9 Å². The average molecular weight is 475 g/mol. The van der Waals surface area contributed by atoms with Gasteiger partial charge in [0.15, 0.2) is 0 Å². The first-order valence-corrected chi connectivity index (χ1v) is 13.2. The monoisotopic (exact) mass is 474 g/mol. The number of aryl methyl sites for hydroxylation is 2. The van der Waals surface area contributed by atoms with Crippen LogP contribution in [0.1, 0.15) is 55.8 Å². The molecular formula is C25H34N2O5S. The largest absolute Gasteiger partial charge is 0.497 e. The number of sulfonamides is 1. The van der Waals surface area contributed by atoms with Crippen molar-refractivity contribution in [3.8, 4) is 11.5 Å². The van der Waals surface area contributed by atoms with Gasteiger partial charge in [0.1, 0.15) is 17.5 Å². The first-order chi connectivity index (χ1) is 15.7. The summed E-state index contributed by atoms with van der Waals surface area (Å²) in [6.45, 7) is 3.59. The molecule has 8 heteroatoms. The average Bonchev–Trinajstić information content (AvgIpc) is 2.81. The van der Waals surface area contributed by atoms with Gasteiger partial charge in [-0.15, -0.1) is 0 Å². The van der Waals surface area contributed by atoms with Gasteiger partial charge in [-0.3, -0.25) is 9.10 Å². The second kappa shape index (κ2) is 10.5. The van der Waals surface area contributed by atoms with Crippen molar-refractivity contribution in [1.82, 2.24) is 5.32 Å². The maximum absolute atomic E-state index is 13.3. The zero-order valence-electron chi connectivity index (χ0n) is 20.1. The number of methoxy groups -OCH3 is 2. The summed E-state index contributed by atoms with van der Waals surface area (Å²) in [6.07, 6.45) is 6.33. The molecule has 0 fully saturated rings. The van der Waals surface area contributed by atoms with Gasteiger partial charge in [-0.05, 0) is 67.9 Å². The number of benzene rings is 2. The van der Waals surface area contributed by atoms with Gasteiger partial charge in [0, 0.05) is 6.07 Å². The Morgan fingerprint density at radius 3 is 2.36 bits per heavy atom. The summed E-state index contributed by atoms with van der Waals surface area (Å²) in [5.41, 5.74) is 4.03. The summed E-state index contributed by atoms with van der Waals surface area (Å²) in [7, 11) is -0.847. The predicted molar refractivity (Wildman–Crippen MR) is 131 cm³/mol. The molecule has 2 aromatic rings. The van der Waals surface area contributed by atoms with Gasteiger partial charge in [-0.2, -0.15) is 0 Å². The van der Waals surface area contributed by atoms with Crippen LogP contribution in [0.25, 0.3) is 0 Å². The Morgan fingerprint density at radius 1 is 1.06 bits per heavy atom. The maximum atomic E-state index is 13.3. The summed E-state index contributed by atoms with van der Waals surface area (Å²) < 4.78 is 37.3. The van der Waals surface area contributed by atoms with Crippen molar-refractivity contribution in [2.24, 2.45) is 0 Å². The smallest absolute Gasteiger partial charge is 0.244 e. The summed E-state index contributed by atoms with van der Waals surface area (Å²) in [4.78, 5) is 13.3. The van der Waals surface area contributed by atoms with Crippen LogP contribution in [-0.4, -0.2) is 40.8 Å². The standard InChI is InChI=1S/C25H34N2O5S/c1-6-22(20-12-11-18-9-7-8-10-19(18)15-20)26-25(28)17(2)27(33(5,29)30)23-16-21(31-3)13-14-24(23)32-4/h11-17,22H,6-10H2,1-5H3,(H,26,28). The van der Waals surface area contributed by atoms with Gasteiger partial charge in [0.05, 0.1) is 32.2 Å². The van der Waals surface area contributed by atoms with E-state index < -0.39 is 16.1 Å². The molecule has 1 N–H and O–H groups in total. The van der Waals surface area contributed by atoms with Crippen molar-refractivity contribution in [3.63, 3.8) is 0 Å². The summed E-state index contributed by atoms with van der Waals surface area (Å²) in [5, 5.41) is 3.06. The lowest BCUT2D eigenvalue weighted by molar-refractivity contribution is -0.122. The number of carbonyl (C=O) groups is 1. The molecule has 0 saturated heterocycles. The fourth-order valence-corrected chi connectivity index (χ4v) is 5.60. The number of ether oxygens (including phenoxy) is 2. The Hall–Kier alpha value is -2.74. The van der Waals surface area contributed by atoms with E-state index in [-0.39, 0.29) is 17.6 Å². The molecule has 2 aromatic carbocycles. The van der Waals surface area contributed by atoms with Crippen LogP contribution in [0.3, 0.4) is 0 Å². The predicted octanol–water partition coefficient (Wildman–Crippen LogP) is 4.00. The molecule has 3 rings (SSSR count). The maximum Gasteiger partial charge on any atom is 0.244 e. The van der Waals surface area contributed by atoms with Gasteiger partial charge < -0.3 is 14.8 Å². The third-order valence-corrected chi connectivity index (χ3v) is 7.44. The Labute approximate surface area is 197 Å². The van der Waals surface area contributed by atoms with E-state index >= 15 is 0 Å².